The number of hydrogen-bond acceptors (Lipinski definition) is 4. The molecule has 174 valence electrons. The third-order valence-electron chi connectivity index (χ3n) is 6.77. The van der Waals surface area contributed by atoms with Crippen LogP contribution >= 0.6 is 0 Å². The highest BCUT2D eigenvalue weighted by Gasteiger charge is 2.52. The van der Waals surface area contributed by atoms with Gasteiger partial charge in [0.15, 0.2) is 0 Å². The van der Waals surface area contributed by atoms with Gasteiger partial charge in [-0.15, -0.1) is 0 Å². The molecule has 2 unspecified atom stereocenters. The Bertz CT molecular complexity index is 1030. The Morgan fingerprint density at radius 1 is 1.00 bits per heavy atom. The molecule has 4 rings (SSSR count). The molecule has 33 heavy (non-hydrogen) atoms. The van der Waals surface area contributed by atoms with E-state index in [0.29, 0.717) is 12.8 Å². The first-order valence-corrected chi connectivity index (χ1v) is 11.4. The number of carbonyl (C=O) groups excluding carboxylic acids is 2. The van der Waals surface area contributed by atoms with Gasteiger partial charge in [0.05, 0.1) is 5.92 Å². The number of carbonyl (C=O) groups is 3. The van der Waals surface area contributed by atoms with Gasteiger partial charge in [0.2, 0.25) is 5.91 Å². The predicted molar refractivity (Wildman–Crippen MR) is 124 cm³/mol. The molecule has 0 saturated heterocycles. The van der Waals surface area contributed by atoms with Gasteiger partial charge in [0, 0.05) is 12.0 Å². The number of rotatable bonds is 8. The van der Waals surface area contributed by atoms with Crippen molar-refractivity contribution in [3.05, 3.63) is 59.7 Å². The van der Waals surface area contributed by atoms with E-state index in [1.54, 1.807) is 6.92 Å². The number of amides is 2. The number of benzene rings is 2. The summed E-state index contributed by atoms with van der Waals surface area (Å²) in [7, 11) is 0. The molecule has 7 nitrogen and oxygen atoms in total. The molecular weight excluding hydrogens is 420 g/mol. The molecular formula is C26H30N2O5. The maximum absolute atomic E-state index is 12.8. The maximum Gasteiger partial charge on any atom is 0.408 e. The van der Waals surface area contributed by atoms with Crippen LogP contribution in [0.5, 0.6) is 0 Å². The molecule has 0 spiro atoms. The van der Waals surface area contributed by atoms with E-state index in [9.17, 15) is 19.5 Å². The Kier molecular flexibility index (Phi) is 6.15. The van der Waals surface area contributed by atoms with Gasteiger partial charge in [0.1, 0.15) is 12.1 Å². The second kappa shape index (κ2) is 8.89. The summed E-state index contributed by atoms with van der Waals surface area (Å²) in [6.07, 6.45) is 0.348. The first-order valence-electron chi connectivity index (χ1n) is 11.4. The minimum Gasteiger partial charge on any atom is -0.481 e. The highest BCUT2D eigenvalue weighted by Crippen LogP contribution is 2.44. The van der Waals surface area contributed by atoms with Gasteiger partial charge < -0.3 is 20.5 Å². The fourth-order valence-electron chi connectivity index (χ4n) is 4.87. The van der Waals surface area contributed by atoms with Gasteiger partial charge in [-0.3, -0.25) is 9.59 Å². The normalized spacial score (nSPS) is 17.5. The monoisotopic (exact) mass is 450 g/mol. The Labute approximate surface area is 193 Å². The second-order valence-electron chi connectivity index (χ2n) is 9.40. The zero-order valence-corrected chi connectivity index (χ0v) is 19.1. The molecule has 1 saturated carbocycles. The van der Waals surface area contributed by atoms with Gasteiger partial charge in [-0.05, 0) is 47.9 Å². The number of fused-ring (bicyclic) bond motifs is 3. The zero-order chi connectivity index (χ0) is 23.8. The summed E-state index contributed by atoms with van der Waals surface area (Å²) in [5, 5.41) is 15.0. The van der Waals surface area contributed by atoms with Crippen LogP contribution in [0.2, 0.25) is 0 Å². The highest BCUT2D eigenvalue weighted by atomic mass is 16.5. The average molecular weight is 451 g/mol. The van der Waals surface area contributed by atoms with Crippen LogP contribution < -0.4 is 10.6 Å². The molecule has 2 aromatic rings. The number of alkyl carbamates (subject to hydrolysis) is 1. The third kappa shape index (κ3) is 4.45. The van der Waals surface area contributed by atoms with E-state index in [1.807, 2.05) is 50.2 Å². The highest BCUT2D eigenvalue weighted by molar-refractivity contribution is 5.93. The van der Waals surface area contributed by atoms with Crippen molar-refractivity contribution >= 4 is 18.0 Å². The minimum absolute atomic E-state index is 0.0606. The molecule has 0 heterocycles. The number of aliphatic carboxylic acids is 1. The fraction of sp³-hybridized carbons (Fsp3) is 0.423. The SMILES string of the molecule is CC(C)C(C(=O)O)C(C)NC(=O)C1(NC(=O)OCC2c3ccccc3-c3ccccc32)CC1. The van der Waals surface area contributed by atoms with Crippen molar-refractivity contribution in [1.29, 1.82) is 0 Å². The van der Waals surface area contributed by atoms with Crippen LogP contribution in [0.1, 0.15) is 50.7 Å². The molecule has 0 aromatic heterocycles. The van der Waals surface area contributed by atoms with Crippen LogP contribution in [0.25, 0.3) is 11.1 Å². The first-order chi connectivity index (χ1) is 15.7. The van der Waals surface area contributed by atoms with Crippen molar-refractivity contribution in [3.63, 3.8) is 0 Å². The van der Waals surface area contributed by atoms with Crippen molar-refractivity contribution in [2.24, 2.45) is 11.8 Å². The van der Waals surface area contributed by atoms with E-state index < -0.39 is 29.6 Å². The molecule has 2 aliphatic rings. The summed E-state index contributed by atoms with van der Waals surface area (Å²) in [4.78, 5) is 37.0. The lowest BCUT2D eigenvalue weighted by Crippen LogP contribution is -2.54. The predicted octanol–water partition coefficient (Wildman–Crippen LogP) is 3.92. The summed E-state index contributed by atoms with van der Waals surface area (Å²) in [5.41, 5.74) is 3.50. The number of hydrogen-bond donors (Lipinski definition) is 3. The largest absolute Gasteiger partial charge is 0.481 e. The molecule has 2 atom stereocenters. The van der Waals surface area contributed by atoms with Crippen molar-refractivity contribution in [2.75, 3.05) is 6.61 Å². The Balaban J connectivity index is 1.38. The Hall–Kier alpha value is -3.35. The lowest BCUT2D eigenvalue weighted by atomic mass is 9.89. The maximum atomic E-state index is 12.8. The van der Waals surface area contributed by atoms with Gasteiger partial charge in [0.25, 0.3) is 0 Å². The number of carboxylic acids is 1. The smallest absolute Gasteiger partial charge is 0.408 e. The summed E-state index contributed by atoms with van der Waals surface area (Å²) in [6, 6.07) is 15.6. The van der Waals surface area contributed by atoms with Gasteiger partial charge in [-0.1, -0.05) is 62.4 Å². The quantitative estimate of drug-likeness (QED) is 0.565. The molecule has 3 N–H and O–H groups in total. The van der Waals surface area contributed by atoms with Crippen LogP contribution in [0.15, 0.2) is 48.5 Å². The van der Waals surface area contributed by atoms with Crippen molar-refractivity contribution in [1.82, 2.24) is 10.6 Å². The van der Waals surface area contributed by atoms with Crippen molar-refractivity contribution in [2.45, 2.75) is 51.1 Å². The van der Waals surface area contributed by atoms with Crippen LogP contribution in [0, 0.1) is 11.8 Å². The summed E-state index contributed by atoms with van der Waals surface area (Å²) >= 11 is 0. The van der Waals surface area contributed by atoms with Crippen LogP contribution in [0.4, 0.5) is 4.79 Å². The number of ether oxygens (including phenoxy) is 1. The van der Waals surface area contributed by atoms with E-state index >= 15 is 0 Å². The molecule has 7 heteroatoms. The molecule has 1 fully saturated rings. The van der Waals surface area contributed by atoms with Crippen LogP contribution in [0.3, 0.4) is 0 Å². The zero-order valence-electron chi connectivity index (χ0n) is 19.1. The van der Waals surface area contributed by atoms with Crippen LogP contribution in [-0.2, 0) is 14.3 Å². The first kappa shape index (κ1) is 22.8. The second-order valence-corrected chi connectivity index (χ2v) is 9.40. The standard InChI is InChI=1S/C26H30N2O5/c1-15(2)22(23(29)30)16(3)27-24(31)26(12-13-26)28-25(32)33-14-21-19-10-6-4-8-17(19)18-9-5-7-11-20(18)21/h4-11,15-16,21-22H,12-14H2,1-3H3,(H,27,31)(H,28,32)(H,29,30). The van der Waals surface area contributed by atoms with E-state index in [2.05, 4.69) is 22.8 Å². The molecule has 0 aliphatic heterocycles. The van der Waals surface area contributed by atoms with Crippen molar-refractivity contribution < 1.29 is 24.2 Å². The fourth-order valence-corrected chi connectivity index (χ4v) is 4.87. The van der Waals surface area contributed by atoms with Crippen molar-refractivity contribution in [3.8, 4) is 11.1 Å². The Morgan fingerprint density at radius 3 is 2.03 bits per heavy atom. The number of nitrogens with one attached hydrogen (secondary N) is 2. The lowest BCUT2D eigenvalue weighted by molar-refractivity contribution is -0.144. The molecule has 2 amide bonds. The minimum atomic E-state index is -1.03. The molecule has 0 radical (unpaired) electrons. The molecule has 2 aromatic carbocycles. The summed E-state index contributed by atoms with van der Waals surface area (Å²) in [6.45, 7) is 5.47. The van der Waals surface area contributed by atoms with Crippen LogP contribution in [-0.4, -0.2) is 41.3 Å². The van der Waals surface area contributed by atoms with E-state index in [-0.39, 0.29) is 24.3 Å². The lowest BCUT2D eigenvalue weighted by Gasteiger charge is -2.27. The van der Waals surface area contributed by atoms with Gasteiger partial charge in [-0.2, -0.15) is 0 Å². The third-order valence-corrected chi connectivity index (χ3v) is 6.77. The van der Waals surface area contributed by atoms with E-state index in [4.69, 9.17) is 4.74 Å². The topological polar surface area (TPSA) is 105 Å². The van der Waals surface area contributed by atoms with Gasteiger partial charge >= 0.3 is 12.1 Å². The Morgan fingerprint density at radius 2 is 1.55 bits per heavy atom. The van der Waals surface area contributed by atoms with Gasteiger partial charge in [-0.25, -0.2) is 4.79 Å². The average Bonchev–Trinajstić information content (AvgIpc) is 3.47. The van der Waals surface area contributed by atoms with E-state index in [1.165, 1.54) is 0 Å². The summed E-state index contributed by atoms with van der Waals surface area (Å²) < 4.78 is 5.57. The van der Waals surface area contributed by atoms with E-state index in [0.717, 1.165) is 22.3 Å². The molecule has 0 bridgehead atoms. The number of carboxylic acid groups (broad SMARTS) is 1. The summed E-state index contributed by atoms with van der Waals surface area (Å²) in [5.74, 6) is -2.22. The molecule has 2 aliphatic carbocycles.